The minimum atomic E-state index is -0.449. The number of carbonyl (C=O) groups excluding carboxylic acids is 1. The molecule has 1 atom stereocenters. The first-order valence-corrected chi connectivity index (χ1v) is 8.78. The molecule has 1 amide bonds. The Morgan fingerprint density at radius 1 is 1.04 bits per heavy atom. The summed E-state index contributed by atoms with van der Waals surface area (Å²) in [6.45, 7) is 4.24. The number of rotatable bonds is 3. The van der Waals surface area contributed by atoms with E-state index in [1.807, 2.05) is 36.4 Å². The number of likely N-dealkylation sites (N-methyl/N-ethyl adjacent to an activating group) is 1. The molecule has 0 radical (unpaired) electrons. The van der Waals surface area contributed by atoms with Gasteiger partial charge in [-0.15, -0.1) is 0 Å². The van der Waals surface area contributed by atoms with Gasteiger partial charge >= 0.3 is 0 Å². The Kier molecular flexibility index (Phi) is 4.32. The fraction of sp³-hybridized carbons (Fsp3) is 0.350. The molecule has 0 aliphatic carbocycles. The summed E-state index contributed by atoms with van der Waals surface area (Å²) < 4.78 is 5.74. The van der Waals surface area contributed by atoms with Crippen LogP contribution in [-0.4, -0.2) is 50.1 Å². The third kappa shape index (κ3) is 3.46. The molecule has 2 aliphatic rings. The largest absolute Gasteiger partial charge is 0.480 e. The normalized spacial score (nSPS) is 20.0. The molecule has 0 saturated carbocycles. The monoisotopic (exact) mass is 337 g/mol. The highest BCUT2D eigenvalue weighted by Crippen LogP contribution is 2.29. The van der Waals surface area contributed by atoms with Crippen LogP contribution in [-0.2, 0) is 11.2 Å². The summed E-state index contributed by atoms with van der Waals surface area (Å²) in [5.74, 6) is 0.719. The Morgan fingerprint density at radius 3 is 2.48 bits per heavy atom. The van der Waals surface area contributed by atoms with Gasteiger partial charge in [0.25, 0.3) is 5.91 Å². The number of nitrogens with zero attached hydrogens (tertiary/aromatic N) is 2. The first kappa shape index (κ1) is 16.0. The van der Waals surface area contributed by atoms with Crippen LogP contribution in [0.4, 0.5) is 11.4 Å². The fourth-order valence-corrected chi connectivity index (χ4v) is 3.37. The maximum Gasteiger partial charge on any atom is 0.265 e. The molecule has 0 unspecified atom stereocenters. The molecule has 0 aromatic heterocycles. The molecule has 5 heteroatoms. The van der Waals surface area contributed by atoms with Crippen LogP contribution in [0.2, 0.25) is 0 Å². The van der Waals surface area contributed by atoms with Gasteiger partial charge in [0.15, 0.2) is 6.10 Å². The van der Waals surface area contributed by atoms with E-state index in [1.54, 1.807) is 0 Å². The van der Waals surface area contributed by atoms with Gasteiger partial charge in [0.05, 0.1) is 0 Å². The molecule has 2 aromatic carbocycles. The number of hydrogen-bond acceptors (Lipinski definition) is 4. The number of para-hydroxylation sites is 1. The molecule has 1 fully saturated rings. The van der Waals surface area contributed by atoms with Gasteiger partial charge in [0.1, 0.15) is 5.75 Å². The second-order valence-electron chi connectivity index (χ2n) is 6.74. The van der Waals surface area contributed by atoms with Crippen LogP contribution in [0.3, 0.4) is 0 Å². The van der Waals surface area contributed by atoms with Gasteiger partial charge in [-0.05, 0) is 42.9 Å². The van der Waals surface area contributed by atoms with Gasteiger partial charge < -0.3 is 19.9 Å². The first-order valence-electron chi connectivity index (χ1n) is 8.78. The van der Waals surface area contributed by atoms with Crippen LogP contribution in [0.15, 0.2) is 48.5 Å². The lowest BCUT2D eigenvalue weighted by Crippen LogP contribution is -2.44. The predicted octanol–water partition coefficient (Wildman–Crippen LogP) is 2.38. The maximum atomic E-state index is 12.5. The van der Waals surface area contributed by atoms with Crippen LogP contribution < -0.4 is 15.0 Å². The molecule has 25 heavy (non-hydrogen) atoms. The average molecular weight is 337 g/mol. The summed E-state index contributed by atoms with van der Waals surface area (Å²) in [7, 11) is 2.15. The molecule has 0 bridgehead atoms. The number of fused-ring (bicyclic) bond motifs is 1. The van der Waals surface area contributed by atoms with Gasteiger partial charge in [-0.3, -0.25) is 4.79 Å². The van der Waals surface area contributed by atoms with E-state index in [1.165, 1.54) is 5.69 Å². The molecule has 130 valence electrons. The van der Waals surface area contributed by atoms with E-state index < -0.39 is 6.10 Å². The van der Waals surface area contributed by atoms with E-state index in [-0.39, 0.29) is 5.91 Å². The number of carbonyl (C=O) groups is 1. The minimum Gasteiger partial charge on any atom is -0.480 e. The summed E-state index contributed by atoms with van der Waals surface area (Å²) in [6, 6.07) is 15.9. The van der Waals surface area contributed by atoms with Gasteiger partial charge in [-0.2, -0.15) is 0 Å². The average Bonchev–Trinajstić information content (AvgIpc) is 3.07. The highest BCUT2D eigenvalue weighted by Gasteiger charge is 2.28. The van der Waals surface area contributed by atoms with E-state index in [9.17, 15) is 4.79 Å². The highest BCUT2D eigenvalue weighted by atomic mass is 16.5. The molecular formula is C20H23N3O2. The maximum absolute atomic E-state index is 12.5. The highest BCUT2D eigenvalue weighted by molar-refractivity contribution is 5.95. The van der Waals surface area contributed by atoms with Crippen molar-refractivity contribution in [2.75, 3.05) is 43.4 Å². The third-order valence-electron chi connectivity index (χ3n) is 4.94. The van der Waals surface area contributed by atoms with E-state index in [0.717, 1.165) is 43.2 Å². The number of anilines is 2. The van der Waals surface area contributed by atoms with Crippen molar-refractivity contribution in [3.05, 3.63) is 54.1 Å². The summed E-state index contributed by atoms with van der Waals surface area (Å²) in [5.41, 5.74) is 3.10. The smallest absolute Gasteiger partial charge is 0.265 e. The molecule has 1 saturated heterocycles. The Labute approximate surface area is 148 Å². The second-order valence-corrected chi connectivity index (χ2v) is 6.74. The summed E-state index contributed by atoms with van der Waals surface area (Å²) >= 11 is 0. The van der Waals surface area contributed by atoms with Crippen LogP contribution in [0.25, 0.3) is 0 Å². The van der Waals surface area contributed by atoms with Crippen molar-refractivity contribution in [1.29, 1.82) is 0 Å². The van der Waals surface area contributed by atoms with Gasteiger partial charge in [0, 0.05) is 44.0 Å². The number of amides is 1. The number of piperazine rings is 1. The SMILES string of the molecule is CN1CCN(c2ccc(NC(=O)[C@H]3Cc4ccccc4O3)cc2)CC1. The first-order chi connectivity index (χ1) is 12.2. The summed E-state index contributed by atoms with van der Waals surface area (Å²) in [5, 5.41) is 2.97. The van der Waals surface area contributed by atoms with Crippen molar-refractivity contribution in [3.63, 3.8) is 0 Å². The van der Waals surface area contributed by atoms with E-state index in [0.29, 0.717) is 6.42 Å². The lowest BCUT2D eigenvalue weighted by molar-refractivity contribution is -0.122. The molecule has 4 rings (SSSR count). The van der Waals surface area contributed by atoms with Crippen LogP contribution in [0.1, 0.15) is 5.56 Å². The quantitative estimate of drug-likeness (QED) is 0.934. The molecule has 2 aliphatic heterocycles. The van der Waals surface area contributed by atoms with Gasteiger partial charge in [-0.1, -0.05) is 18.2 Å². The zero-order valence-electron chi connectivity index (χ0n) is 14.4. The molecule has 2 aromatic rings. The minimum absolute atomic E-state index is 0.0939. The zero-order chi connectivity index (χ0) is 17.2. The number of hydrogen-bond donors (Lipinski definition) is 1. The lowest BCUT2D eigenvalue weighted by atomic mass is 10.1. The zero-order valence-corrected chi connectivity index (χ0v) is 14.4. The van der Waals surface area contributed by atoms with Crippen molar-refractivity contribution in [2.24, 2.45) is 0 Å². The van der Waals surface area contributed by atoms with Crippen molar-refractivity contribution < 1.29 is 9.53 Å². The molecule has 1 N–H and O–H groups in total. The number of nitrogens with one attached hydrogen (secondary N) is 1. The van der Waals surface area contributed by atoms with Crippen LogP contribution >= 0.6 is 0 Å². The Hall–Kier alpha value is -2.53. The molecular weight excluding hydrogens is 314 g/mol. The van der Waals surface area contributed by atoms with Crippen LogP contribution in [0, 0.1) is 0 Å². The summed E-state index contributed by atoms with van der Waals surface area (Å²) in [6.07, 6.45) is 0.177. The Balaban J connectivity index is 1.36. The Morgan fingerprint density at radius 2 is 1.76 bits per heavy atom. The van der Waals surface area contributed by atoms with Gasteiger partial charge in [-0.25, -0.2) is 0 Å². The van der Waals surface area contributed by atoms with Crippen molar-refractivity contribution >= 4 is 17.3 Å². The number of benzene rings is 2. The lowest BCUT2D eigenvalue weighted by Gasteiger charge is -2.34. The van der Waals surface area contributed by atoms with E-state index >= 15 is 0 Å². The molecule has 0 spiro atoms. The van der Waals surface area contributed by atoms with E-state index in [2.05, 4.69) is 34.3 Å². The van der Waals surface area contributed by atoms with Crippen molar-refractivity contribution in [2.45, 2.75) is 12.5 Å². The number of ether oxygens (including phenoxy) is 1. The Bertz CT molecular complexity index is 727. The van der Waals surface area contributed by atoms with E-state index in [4.69, 9.17) is 4.74 Å². The van der Waals surface area contributed by atoms with Crippen molar-refractivity contribution in [3.8, 4) is 5.75 Å². The molecule has 2 heterocycles. The molecule has 5 nitrogen and oxygen atoms in total. The summed E-state index contributed by atoms with van der Waals surface area (Å²) in [4.78, 5) is 17.2. The standard InChI is InChI=1S/C20H23N3O2/c1-22-10-12-23(13-11-22)17-8-6-16(7-9-17)21-20(24)19-14-15-4-2-3-5-18(15)25-19/h2-9,19H,10-14H2,1H3,(H,21,24)/t19-/m1/s1. The topological polar surface area (TPSA) is 44.8 Å². The predicted molar refractivity (Wildman–Crippen MR) is 99.3 cm³/mol. The van der Waals surface area contributed by atoms with Crippen LogP contribution in [0.5, 0.6) is 5.75 Å². The van der Waals surface area contributed by atoms with Gasteiger partial charge in [0.2, 0.25) is 0 Å². The third-order valence-corrected chi connectivity index (χ3v) is 4.94. The van der Waals surface area contributed by atoms with Crippen molar-refractivity contribution in [1.82, 2.24) is 4.90 Å². The fourth-order valence-electron chi connectivity index (χ4n) is 3.37. The second kappa shape index (κ2) is 6.76.